The van der Waals surface area contributed by atoms with Gasteiger partial charge < -0.3 is 9.05 Å². The Bertz CT molecular complexity index is 256. The highest BCUT2D eigenvalue weighted by Gasteiger charge is 2.29. The van der Waals surface area contributed by atoms with Gasteiger partial charge in [0.15, 0.2) is 0 Å². The minimum absolute atomic E-state index is 0.202. The van der Waals surface area contributed by atoms with Crippen LogP contribution in [0.3, 0.4) is 0 Å². The summed E-state index contributed by atoms with van der Waals surface area (Å²) in [6, 6.07) is 0. The molecule has 1 unspecified atom stereocenters. The number of rotatable bonds is 15. The van der Waals surface area contributed by atoms with Crippen molar-refractivity contribution in [2.24, 2.45) is 0 Å². The molecule has 0 aliphatic heterocycles. The molecule has 0 aliphatic carbocycles. The van der Waals surface area contributed by atoms with Crippen molar-refractivity contribution in [3.63, 3.8) is 0 Å². The molecule has 0 radical (unpaired) electrons. The van der Waals surface area contributed by atoms with Gasteiger partial charge in [-0.25, -0.2) is 0 Å². The van der Waals surface area contributed by atoms with Crippen LogP contribution >= 0.6 is 28.9 Å². The minimum atomic E-state index is -2.21. The highest BCUT2D eigenvalue weighted by molar-refractivity contribution is 8.70. The van der Waals surface area contributed by atoms with Gasteiger partial charge in [0.1, 0.15) is 0 Å². The van der Waals surface area contributed by atoms with Crippen LogP contribution in [0.4, 0.5) is 0 Å². The van der Waals surface area contributed by atoms with Gasteiger partial charge in [-0.1, -0.05) is 70.1 Å². The van der Waals surface area contributed by atoms with Crippen LogP contribution in [0.15, 0.2) is 0 Å². The van der Waals surface area contributed by atoms with E-state index in [1.165, 1.54) is 49.3 Å². The zero-order chi connectivity index (χ0) is 16.0. The summed E-state index contributed by atoms with van der Waals surface area (Å²) < 4.78 is 12.1. The van der Waals surface area contributed by atoms with Gasteiger partial charge in [0.05, 0.1) is 18.2 Å². The molecule has 0 aromatic carbocycles. The van der Waals surface area contributed by atoms with Crippen LogP contribution < -0.4 is 0 Å². The second kappa shape index (κ2) is 14.8. The molecule has 1 atom stereocenters. The lowest BCUT2D eigenvalue weighted by molar-refractivity contribution is 0.236. The van der Waals surface area contributed by atoms with E-state index >= 15 is 0 Å². The van der Waals surface area contributed by atoms with Crippen LogP contribution in [0.5, 0.6) is 0 Å². The molecule has 21 heavy (non-hydrogen) atoms. The van der Waals surface area contributed by atoms with Crippen molar-refractivity contribution >= 4 is 40.8 Å². The molecule has 0 bridgehead atoms. The summed E-state index contributed by atoms with van der Waals surface area (Å²) in [5.41, 5.74) is 0. The van der Waals surface area contributed by atoms with Crippen molar-refractivity contribution in [3.05, 3.63) is 0 Å². The number of thiol groups is 1. The molecule has 2 nitrogen and oxygen atoms in total. The lowest BCUT2D eigenvalue weighted by Gasteiger charge is -2.28. The summed E-state index contributed by atoms with van der Waals surface area (Å²) >= 11 is 10.1. The number of hydrogen-bond acceptors (Lipinski definition) is 5. The zero-order valence-electron chi connectivity index (χ0n) is 13.9. The van der Waals surface area contributed by atoms with Gasteiger partial charge in [-0.2, -0.15) is 0 Å². The van der Waals surface area contributed by atoms with E-state index in [4.69, 9.17) is 20.9 Å². The summed E-state index contributed by atoms with van der Waals surface area (Å²) in [4.78, 5) is 0.202. The van der Waals surface area contributed by atoms with Gasteiger partial charge >= 0.3 is 0 Å². The van der Waals surface area contributed by atoms with Crippen LogP contribution in [0, 0.1) is 0 Å². The molecule has 0 saturated heterocycles. The molecule has 0 aliphatic rings. The van der Waals surface area contributed by atoms with Crippen molar-refractivity contribution in [2.75, 3.05) is 13.2 Å². The minimum Gasteiger partial charge on any atom is -0.329 e. The third kappa shape index (κ3) is 10.6. The van der Waals surface area contributed by atoms with E-state index in [1.807, 2.05) is 0 Å². The highest BCUT2D eigenvalue weighted by atomic mass is 33.1. The molecule has 6 heteroatoms. The molecule has 0 heterocycles. The Hall–Kier alpha value is 1.27. The van der Waals surface area contributed by atoms with Crippen molar-refractivity contribution < 1.29 is 9.05 Å². The Morgan fingerprint density at radius 3 is 1.71 bits per heavy atom. The van der Waals surface area contributed by atoms with Crippen molar-refractivity contribution in [1.82, 2.24) is 0 Å². The topological polar surface area (TPSA) is 18.5 Å². The molecule has 0 rings (SSSR count). The molecule has 0 amide bonds. The molecule has 128 valence electrons. The number of hydrogen-bond donors (Lipinski definition) is 1. The first-order valence-electron chi connectivity index (χ1n) is 8.33. The van der Waals surface area contributed by atoms with Crippen LogP contribution in [-0.2, 0) is 20.9 Å². The monoisotopic (exact) mass is 372 g/mol. The SMILES string of the molecule is CCCCCCOP(=S)(OCCCCCC)C(CC)SS. The standard InChI is InChI=1S/C15H33O2PS3/c1-4-7-9-11-13-16-18(19,15(6-3)21-20)17-14-12-10-8-5-2/h15,20H,4-14H2,1-3H3. The van der Waals surface area contributed by atoms with Gasteiger partial charge in [-0.15, -0.1) is 11.7 Å². The Morgan fingerprint density at radius 2 is 1.38 bits per heavy atom. The molecule has 0 N–H and O–H groups in total. The van der Waals surface area contributed by atoms with Crippen LogP contribution in [-0.4, -0.2) is 18.2 Å². The zero-order valence-corrected chi connectivity index (χ0v) is 17.3. The fraction of sp³-hybridized carbons (Fsp3) is 1.00. The van der Waals surface area contributed by atoms with E-state index in [0.717, 1.165) is 32.5 Å². The second-order valence-corrected chi connectivity index (χ2v) is 10.8. The first-order chi connectivity index (χ1) is 10.1. The summed E-state index contributed by atoms with van der Waals surface area (Å²) in [5, 5.41) is 0. The molecule has 0 fully saturated rings. The molecular weight excluding hydrogens is 339 g/mol. The third-order valence-electron chi connectivity index (χ3n) is 3.36. The van der Waals surface area contributed by atoms with E-state index in [9.17, 15) is 0 Å². The maximum Gasteiger partial charge on any atom is 0.202 e. The Morgan fingerprint density at radius 1 is 0.905 bits per heavy atom. The molecule has 0 saturated carbocycles. The fourth-order valence-corrected chi connectivity index (χ4v) is 8.02. The van der Waals surface area contributed by atoms with E-state index in [1.54, 1.807) is 0 Å². The third-order valence-corrected chi connectivity index (χ3v) is 10.3. The Kier molecular flexibility index (Phi) is 15.7. The van der Waals surface area contributed by atoms with Gasteiger partial charge in [0.25, 0.3) is 0 Å². The van der Waals surface area contributed by atoms with Gasteiger partial charge in [-0.05, 0) is 31.1 Å². The summed E-state index contributed by atoms with van der Waals surface area (Å²) in [7, 11) is 1.50. The first-order valence-corrected chi connectivity index (χ1v) is 13.0. The maximum atomic E-state index is 6.06. The van der Waals surface area contributed by atoms with Crippen LogP contribution in [0.2, 0.25) is 0 Å². The fourth-order valence-electron chi connectivity index (χ4n) is 2.00. The lowest BCUT2D eigenvalue weighted by atomic mass is 10.2. The Balaban J connectivity index is 4.24. The summed E-state index contributed by atoms with van der Waals surface area (Å²) in [6.07, 6.45) is 10.6. The van der Waals surface area contributed by atoms with Crippen LogP contribution in [0.1, 0.15) is 78.6 Å². The van der Waals surface area contributed by atoms with Crippen molar-refractivity contribution in [2.45, 2.75) is 83.5 Å². The van der Waals surface area contributed by atoms with Crippen molar-refractivity contribution in [1.29, 1.82) is 0 Å². The smallest absolute Gasteiger partial charge is 0.202 e. The highest BCUT2D eigenvalue weighted by Crippen LogP contribution is 2.59. The second-order valence-electron chi connectivity index (χ2n) is 5.30. The largest absolute Gasteiger partial charge is 0.329 e. The average Bonchev–Trinajstić information content (AvgIpc) is 2.48. The predicted octanol–water partition coefficient (Wildman–Crippen LogP) is 6.80. The number of unbranched alkanes of at least 4 members (excludes halogenated alkanes) is 6. The van der Waals surface area contributed by atoms with E-state index in [2.05, 4.69) is 32.4 Å². The Labute approximate surface area is 146 Å². The van der Waals surface area contributed by atoms with Gasteiger partial charge in [0.2, 0.25) is 6.49 Å². The molecular formula is C15H33O2PS3. The van der Waals surface area contributed by atoms with E-state index in [-0.39, 0.29) is 4.99 Å². The van der Waals surface area contributed by atoms with Gasteiger partial charge in [-0.3, -0.25) is 0 Å². The normalized spacial score (nSPS) is 13.5. The van der Waals surface area contributed by atoms with Crippen LogP contribution in [0.25, 0.3) is 0 Å². The average molecular weight is 373 g/mol. The quantitative estimate of drug-likeness (QED) is 0.147. The van der Waals surface area contributed by atoms with E-state index in [0.29, 0.717) is 0 Å². The predicted molar refractivity (Wildman–Crippen MR) is 105 cm³/mol. The van der Waals surface area contributed by atoms with E-state index < -0.39 is 6.49 Å². The first kappa shape index (κ1) is 22.3. The summed E-state index contributed by atoms with van der Waals surface area (Å²) in [5.74, 6) is 0. The lowest BCUT2D eigenvalue weighted by Crippen LogP contribution is -2.09. The molecule has 0 aromatic heterocycles. The molecule has 0 spiro atoms. The maximum absolute atomic E-state index is 6.06. The summed E-state index contributed by atoms with van der Waals surface area (Å²) in [6.45, 7) is 5.83. The molecule has 0 aromatic rings. The van der Waals surface area contributed by atoms with Crippen molar-refractivity contribution in [3.8, 4) is 0 Å². The van der Waals surface area contributed by atoms with Gasteiger partial charge in [0, 0.05) is 0 Å².